The van der Waals surface area contributed by atoms with Crippen LogP contribution in [0.2, 0.25) is 0 Å². The van der Waals surface area contributed by atoms with E-state index < -0.39 is 12.9 Å². The monoisotopic (exact) mass is 274 g/mol. The molecule has 0 spiro atoms. The maximum Gasteiger partial charge on any atom is 0.492 e. The third kappa shape index (κ3) is 3.18. The van der Waals surface area contributed by atoms with Gasteiger partial charge in [0.05, 0.1) is 0 Å². The highest BCUT2D eigenvalue weighted by Crippen LogP contribution is 2.17. The lowest BCUT2D eigenvalue weighted by molar-refractivity contribution is 0.304. The maximum atomic E-state index is 13.1. The van der Waals surface area contributed by atoms with Gasteiger partial charge in [-0.15, -0.1) is 0 Å². The summed E-state index contributed by atoms with van der Waals surface area (Å²) in [5.74, 6) is -0.267. The van der Waals surface area contributed by atoms with Crippen molar-refractivity contribution < 1.29 is 19.2 Å². The van der Waals surface area contributed by atoms with E-state index in [4.69, 9.17) is 4.74 Å². The summed E-state index contributed by atoms with van der Waals surface area (Å²) in [6, 6.07) is 9.62. The fourth-order valence-corrected chi connectivity index (χ4v) is 2.08. The Balaban J connectivity index is 2.23. The molecule has 2 aromatic carbocycles. The van der Waals surface area contributed by atoms with Gasteiger partial charge in [-0.25, -0.2) is 4.39 Å². The van der Waals surface area contributed by atoms with Gasteiger partial charge in [-0.05, 0) is 48.7 Å². The summed E-state index contributed by atoms with van der Waals surface area (Å²) in [5.41, 5.74) is 3.25. The molecule has 0 unspecified atom stereocenters. The van der Waals surface area contributed by atoms with Crippen molar-refractivity contribution in [3.63, 3.8) is 0 Å². The van der Waals surface area contributed by atoms with Crippen LogP contribution in [0.5, 0.6) is 5.75 Å². The molecule has 0 amide bonds. The molecule has 20 heavy (non-hydrogen) atoms. The minimum Gasteiger partial charge on any atom is -0.489 e. The van der Waals surface area contributed by atoms with Crippen LogP contribution in [0.4, 0.5) is 4.39 Å². The van der Waals surface area contributed by atoms with E-state index in [0.717, 1.165) is 22.8 Å². The topological polar surface area (TPSA) is 49.7 Å². The minimum atomic E-state index is -1.77. The van der Waals surface area contributed by atoms with E-state index in [1.165, 1.54) is 12.1 Å². The van der Waals surface area contributed by atoms with Gasteiger partial charge in [0.2, 0.25) is 0 Å². The molecule has 0 heterocycles. The van der Waals surface area contributed by atoms with Crippen LogP contribution in [0.15, 0.2) is 36.4 Å². The van der Waals surface area contributed by atoms with Crippen molar-refractivity contribution in [3.8, 4) is 5.75 Å². The third-order valence-electron chi connectivity index (χ3n) is 3.27. The largest absolute Gasteiger partial charge is 0.492 e. The number of ether oxygens (including phenoxy) is 1. The average Bonchev–Trinajstić information content (AvgIpc) is 2.39. The Morgan fingerprint density at radius 1 is 1.10 bits per heavy atom. The SMILES string of the molecule is Cc1cccc(C)c1COc1ccc(F)cc1B(O)O. The second-order valence-corrected chi connectivity index (χ2v) is 4.71. The van der Waals surface area contributed by atoms with Gasteiger partial charge in [0.1, 0.15) is 18.2 Å². The molecule has 2 aromatic rings. The Hall–Kier alpha value is -1.85. The van der Waals surface area contributed by atoms with Crippen LogP contribution >= 0.6 is 0 Å². The first-order valence-electron chi connectivity index (χ1n) is 6.32. The van der Waals surface area contributed by atoms with E-state index in [0.29, 0.717) is 6.61 Å². The summed E-state index contributed by atoms with van der Waals surface area (Å²) < 4.78 is 18.7. The van der Waals surface area contributed by atoms with Crippen molar-refractivity contribution in [1.82, 2.24) is 0 Å². The van der Waals surface area contributed by atoms with Crippen molar-refractivity contribution in [1.29, 1.82) is 0 Å². The molecule has 0 aliphatic rings. The summed E-state index contributed by atoms with van der Waals surface area (Å²) in [6.07, 6.45) is 0. The van der Waals surface area contributed by atoms with Crippen LogP contribution in [0.1, 0.15) is 16.7 Å². The Bertz CT molecular complexity index is 594. The molecule has 0 radical (unpaired) electrons. The smallest absolute Gasteiger partial charge is 0.489 e. The van der Waals surface area contributed by atoms with Crippen molar-refractivity contribution in [2.75, 3.05) is 0 Å². The highest BCUT2D eigenvalue weighted by atomic mass is 19.1. The van der Waals surface area contributed by atoms with Crippen LogP contribution in [-0.4, -0.2) is 17.2 Å². The molecule has 2 N–H and O–H groups in total. The predicted octanol–water partition coefficient (Wildman–Crippen LogP) is 1.70. The molecular weight excluding hydrogens is 258 g/mol. The zero-order chi connectivity index (χ0) is 14.7. The molecule has 0 aliphatic heterocycles. The van der Waals surface area contributed by atoms with Gasteiger partial charge >= 0.3 is 7.12 Å². The fourth-order valence-electron chi connectivity index (χ4n) is 2.08. The molecular formula is C15H16BFO3. The van der Waals surface area contributed by atoms with Gasteiger partial charge in [-0.1, -0.05) is 18.2 Å². The quantitative estimate of drug-likeness (QED) is 0.834. The normalized spacial score (nSPS) is 10.4. The first kappa shape index (κ1) is 14.6. The lowest BCUT2D eigenvalue weighted by Crippen LogP contribution is -2.31. The second kappa shape index (κ2) is 6.07. The molecule has 0 saturated carbocycles. The van der Waals surface area contributed by atoms with Crippen molar-refractivity contribution in [2.45, 2.75) is 20.5 Å². The zero-order valence-corrected chi connectivity index (χ0v) is 11.4. The van der Waals surface area contributed by atoms with E-state index in [9.17, 15) is 14.4 Å². The third-order valence-corrected chi connectivity index (χ3v) is 3.27. The lowest BCUT2D eigenvalue weighted by Gasteiger charge is -2.14. The Morgan fingerprint density at radius 2 is 1.75 bits per heavy atom. The Morgan fingerprint density at radius 3 is 2.35 bits per heavy atom. The molecule has 3 nitrogen and oxygen atoms in total. The van der Waals surface area contributed by atoms with E-state index in [1.54, 1.807) is 0 Å². The van der Waals surface area contributed by atoms with Crippen molar-refractivity contribution in [2.24, 2.45) is 0 Å². The van der Waals surface area contributed by atoms with Gasteiger partial charge in [0, 0.05) is 5.46 Å². The lowest BCUT2D eigenvalue weighted by atomic mass is 9.79. The van der Waals surface area contributed by atoms with Crippen LogP contribution in [0.3, 0.4) is 0 Å². The average molecular weight is 274 g/mol. The number of benzene rings is 2. The summed E-state index contributed by atoms with van der Waals surface area (Å²) in [7, 11) is -1.77. The first-order chi connectivity index (χ1) is 9.49. The van der Waals surface area contributed by atoms with E-state index in [2.05, 4.69) is 0 Å². The number of hydrogen-bond acceptors (Lipinski definition) is 3. The Labute approximate surface area is 117 Å². The molecule has 2 rings (SSSR count). The van der Waals surface area contributed by atoms with Gasteiger partial charge in [-0.2, -0.15) is 0 Å². The molecule has 0 aromatic heterocycles. The molecule has 0 bridgehead atoms. The summed E-state index contributed by atoms with van der Waals surface area (Å²) in [5, 5.41) is 18.5. The zero-order valence-electron chi connectivity index (χ0n) is 11.4. The van der Waals surface area contributed by atoms with Crippen LogP contribution in [-0.2, 0) is 6.61 Å². The minimum absolute atomic E-state index is 0.0243. The van der Waals surface area contributed by atoms with Crippen LogP contribution < -0.4 is 10.2 Å². The number of aryl methyl sites for hydroxylation is 2. The van der Waals surface area contributed by atoms with Gasteiger partial charge < -0.3 is 14.8 Å². The molecule has 5 heteroatoms. The highest BCUT2D eigenvalue weighted by Gasteiger charge is 2.18. The predicted molar refractivity (Wildman–Crippen MR) is 76.5 cm³/mol. The van der Waals surface area contributed by atoms with Crippen LogP contribution in [0.25, 0.3) is 0 Å². The van der Waals surface area contributed by atoms with Gasteiger partial charge in [0.15, 0.2) is 0 Å². The molecule has 0 atom stereocenters. The fraction of sp³-hybridized carbons (Fsp3) is 0.200. The standard InChI is InChI=1S/C15H16BFO3/c1-10-4-3-5-11(2)13(10)9-20-15-7-6-12(17)8-14(15)16(18)19/h3-8,18-19H,9H2,1-2H3. The van der Waals surface area contributed by atoms with Gasteiger partial charge in [0.25, 0.3) is 0 Å². The molecule has 0 aliphatic carbocycles. The number of halogens is 1. The van der Waals surface area contributed by atoms with Gasteiger partial charge in [-0.3, -0.25) is 0 Å². The van der Waals surface area contributed by atoms with E-state index in [-0.39, 0.29) is 11.2 Å². The summed E-state index contributed by atoms with van der Waals surface area (Å²) >= 11 is 0. The molecule has 0 saturated heterocycles. The van der Waals surface area contributed by atoms with Crippen molar-refractivity contribution in [3.05, 3.63) is 58.9 Å². The summed E-state index contributed by atoms with van der Waals surface area (Å²) in [6.45, 7) is 4.26. The maximum absolute atomic E-state index is 13.1. The van der Waals surface area contributed by atoms with Crippen LogP contribution in [0, 0.1) is 19.7 Å². The summed E-state index contributed by atoms with van der Waals surface area (Å²) in [4.78, 5) is 0. The second-order valence-electron chi connectivity index (χ2n) is 4.71. The number of hydrogen-bond donors (Lipinski definition) is 2. The molecule has 0 fully saturated rings. The first-order valence-corrected chi connectivity index (χ1v) is 6.32. The Kier molecular flexibility index (Phi) is 4.42. The van der Waals surface area contributed by atoms with E-state index in [1.807, 2.05) is 32.0 Å². The van der Waals surface area contributed by atoms with Crippen molar-refractivity contribution >= 4 is 12.6 Å². The van der Waals surface area contributed by atoms with E-state index >= 15 is 0 Å². The number of rotatable bonds is 4. The highest BCUT2D eigenvalue weighted by molar-refractivity contribution is 6.59. The molecule has 104 valence electrons.